The van der Waals surface area contributed by atoms with Crippen molar-refractivity contribution in [3.63, 3.8) is 0 Å². The summed E-state index contributed by atoms with van der Waals surface area (Å²) in [5, 5.41) is 15.2. The lowest BCUT2D eigenvalue weighted by molar-refractivity contribution is -0.143. The van der Waals surface area contributed by atoms with E-state index in [1.165, 1.54) is 12.1 Å². The van der Waals surface area contributed by atoms with Gasteiger partial charge in [-0.15, -0.1) is 5.10 Å². The Balaban J connectivity index is 2.68. The summed E-state index contributed by atoms with van der Waals surface area (Å²) >= 11 is 3.23. The van der Waals surface area contributed by atoms with Crippen molar-refractivity contribution in [3.05, 3.63) is 39.6 Å². The monoisotopic (exact) mass is 349 g/mol. The molecule has 1 aromatic heterocycles. The van der Waals surface area contributed by atoms with E-state index in [1.807, 2.05) is 0 Å². The third kappa shape index (κ3) is 2.53. The number of hydrogen-bond acceptors (Lipinski definition) is 3. The van der Waals surface area contributed by atoms with Gasteiger partial charge in [0, 0.05) is 4.47 Å². The first-order valence-corrected chi connectivity index (χ1v) is 6.04. The molecule has 0 aliphatic heterocycles. The summed E-state index contributed by atoms with van der Waals surface area (Å²) in [7, 11) is 0. The molecule has 0 radical (unpaired) electrons. The molecule has 106 valence electrons. The lowest BCUT2D eigenvalue weighted by atomic mass is 10.2. The van der Waals surface area contributed by atoms with E-state index < -0.39 is 23.5 Å². The van der Waals surface area contributed by atoms with E-state index in [0.717, 1.165) is 0 Å². The van der Waals surface area contributed by atoms with Gasteiger partial charge in [0.05, 0.1) is 5.69 Å². The van der Waals surface area contributed by atoms with E-state index in [1.54, 1.807) is 13.0 Å². The number of carboxylic acid groups (broad SMARTS) is 1. The lowest BCUT2D eigenvalue weighted by Gasteiger charge is -2.11. The van der Waals surface area contributed by atoms with Crippen LogP contribution in [0.5, 0.6) is 0 Å². The third-order valence-electron chi connectivity index (χ3n) is 2.53. The van der Waals surface area contributed by atoms with Crippen LogP contribution in [0.2, 0.25) is 0 Å². The zero-order valence-corrected chi connectivity index (χ0v) is 11.5. The predicted molar refractivity (Wildman–Crippen MR) is 65.8 cm³/mol. The van der Waals surface area contributed by atoms with E-state index in [4.69, 9.17) is 5.11 Å². The smallest absolute Gasteiger partial charge is 0.436 e. The average molecular weight is 350 g/mol. The van der Waals surface area contributed by atoms with Gasteiger partial charge in [-0.2, -0.15) is 13.2 Å². The normalized spacial score (nSPS) is 11.7. The summed E-state index contributed by atoms with van der Waals surface area (Å²) in [6.07, 6.45) is -4.88. The van der Waals surface area contributed by atoms with Crippen molar-refractivity contribution in [3.8, 4) is 5.69 Å². The Morgan fingerprint density at radius 3 is 2.55 bits per heavy atom. The lowest BCUT2D eigenvalue weighted by Crippen LogP contribution is -2.17. The van der Waals surface area contributed by atoms with E-state index >= 15 is 0 Å². The van der Waals surface area contributed by atoms with Crippen LogP contribution in [0.25, 0.3) is 5.69 Å². The molecule has 0 aliphatic rings. The molecule has 0 unspecified atom stereocenters. The number of aromatic carboxylic acids is 1. The highest BCUT2D eigenvalue weighted by Crippen LogP contribution is 2.33. The van der Waals surface area contributed by atoms with Crippen LogP contribution in [0.15, 0.2) is 22.7 Å². The minimum absolute atomic E-state index is 0.0815. The minimum atomic E-state index is -4.88. The Morgan fingerprint density at radius 2 is 2.05 bits per heavy atom. The molecule has 0 saturated heterocycles. The fourth-order valence-corrected chi connectivity index (χ4v) is 1.87. The molecule has 0 amide bonds. The van der Waals surface area contributed by atoms with Gasteiger partial charge in [0.1, 0.15) is 0 Å². The molecule has 0 fully saturated rings. The van der Waals surface area contributed by atoms with Crippen molar-refractivity contribution in [1.82, 2.24) is 15.0 Å². The quantitative estimate of drug-likeness (QED) is 0.904. The third-order valence-corrected chi connectivity index (χ3v) is 3.42. The summed E-state index contributed by atoms with van der Waals surface area (Å²) in [5.74, 6) is -1.78. The van der Waals surface area contributed by atoms with E-state index in [2.05, 4.69) is 26.2 Å². The molecule has 9 heteroatoms. The Bertz CT molecular complexity index is 682. The number of halogens is 4. The summed E-state index contributed by atoms with van der Waals surface area (Å²) in [5.41, 5.74) is -1.77. The molecule has 0 atom stereocenters. The van der Waals surface area contributed by atoms with E-state index in [-0.39, 0.29) is 5.69 Å². The Kier molecular flexibility index (Phi) is 3.55. The van der Waals surface area contributed by atoms with Crippen LogP contribution in [0.4, 0.5) is 13.2 Å². The van der Waals surface area contributed by atoms with Crippen LogP contribution < -0.4 is 0 Å². The van der Waals surface area contributed by atoms with Crippen molar-refractivity contribution in [1.29, 1.82) is 0 Å². The van der Waals surface area contributed by atoms with Gasteiger partial charge in [-0.3, -0.25) is 0 Å². The van der Waals surface area contributed by atoms with Gasteiger partial charge in [-0.25, -0.2) is 9.48 Å². The van der Waals surface area contributed by atoms with Gasteiger partial charge in [-0.05, 0) is 30.7 Å². The number of aromatic nitrogens is 3. The van der Waals surface area contributed by atoms with Gasteiger partial charge in [0.15, 0.2) is 5.69 Å². The van der Waals surface area contributed by atoms with E-state index in [9.17, 15) is 18.0 Å². The standard InChI is InChI=1S/C11H7BrF3N3O2/c1-5-4-6(2-3-7(5)12)18-9(11(13,14)15)8(10(19)20)16-17-18/h2-4H,1H3,(H,19,20). The van der Waals surface area contributed by atoms with Crippen LogP contribution in [0.1, 0.15) is 21.7 Å². The van der Waals surface area contributed by atoms with Crippen molar-refractivity contribution in [2.75, 3.05) is 0 Å². The van der Waals surface area contributed by atoms with Crippen molar-refractivity contribution >= 4 is 21.9 Å². The molecule has 20 heavy (non-hydrogen) atoms. The molecule has 1 aromatic carbocycles. The number of alkyl halides is 3. The SMILES string of the molecule is Cc1cc(-n2nnc(C(=O)O)c2C(F)(F)F)ccc1Br. The number of carboxylic acids is 1. The zero-order chi connectivity index (χ0) is 15.1. The molecular weight excluding hydrogens is 343 g/mol. The summed E-state index contributed by atoms with van der Waals surface area (Å²) in [4.78, 5) is 10.8. The number of benzene rings is 1. The molecule has 2 aromatic rings. The molecule has 1 heterocycles. The van der Waals surface area contributed by atoms with Crippen LogP contribution >= 0.6 is 15.9 Å². The van der Waals surface area contributed by atoms with Gasteiger partial charge in [0.2, 0.25) is 5.69 Å². The number of aryl methyl sites for hydroxylation is 1. The summed E-state index contributed by atoms with van der Waals surface area (Å²) in [6, 6.07) is 4.37. The van der Waals surface area contributed by atoms with Gasteiger partial charge in [0.25, 0.3) is 0 Å². The second kappa shape index (κ2) is 4.89. The molecule has 0 spiro atoms. The molecule has 5 nitrogen and oxygen atoms in total. The zero-order valence-electron chi connectivity index (χ0n) is 9.94. The Hall–Kier alpha value is -1.90. The maximum atomic E-state index is 13.0. The summed E-state index contributed by atoms with van der Waals surface area (Å²) in [6.45, 7) is 1.69. The van der Waals surface area contributed by atoms with Crippen molar-refractivity contribution in [2.24, 2.45) is 0 Å². The highest BCUT2D eigenvalue weighted by molar-refractivity contribution is 9.10. The highest BCUT2D eigenvalue weighted by atomic mass is 79.9. The number of nitrogens with zero attached hydrogens (tertiary/aromatic N) is 3. The number of hydrogen-bond donors (Lipinski definition) is 1. The fourth-order valence-electron chi connectivity index (χ4n) is 1.62. The molecule has 0 bridgehead atoms. The van der Waals surface area contributed by atoms with Gasteiger partial charge >= 0.3 is 12.1 Å². The maximum absolute atomic E-state index is 13.0. The Morgan fingerprint density at radius 1 is 1.40 bits per heavy atom. The maximum Gasteiger partial charge on any atom is 0.436 e. The predicted octanol–water partition coefficient (Wildman–Crippen LogP) is 3.06. The topological polar surface area (TPSA) is 68.0 Å². The van der Waals surface area contributed by atoms with Gasteiger partial charge in [-0.1, -0.05) is 21.1 Å². The molecular formula is C11H7BrF3N3O2. The van der Waals surface area contributed by atoms with Crippen LogP contribution in [-0.2, 0) is 6.18 Å². The second-order valence-electron chi connectivity index (χ2n) is 3.93. The van der Waals surface area contributed by atoms with Crippen molar-refractivity contribution < 1.29 is 23.1 Å². The molecule has 2 rings (SSSR count). The number of carbonyl (C=O) groups is 1. The van der Waals surface area contributed by atoms with Crippen molar-refractivity contribution in [2.45, 2.75) is 13.1 Å². The first-order valence-electron chi connectivity index (χ1n) is 5.24. The fraction of sp³-hybridized carbons (Fsp3) is 0.182. The summed E-state index contributed by atoms with van der Waals surface area (Å²) < 4.78 is 40.2. The first kappa shape index (κ1) is 14.5. The second-order valence-corrected chi connectivity index (χ2v) is 4.79. The van der Waals surface area contributed by atoms with Gasteiger partial charge < -0.3 is 5.11 Å². The van der Waals surface area contributed by atoms with Crippen LogP contribution in [0.3, 0.4) is 0 Å². The highest BCUT2D eigenvalue weighted by Gasteiger charge is 2.42. The van der Waals surface area contributed by atoms with E-state index in [0.29, 0.717) is 14.7 Å². The largest absolute Gasteiger partial charge is 0.476 e. The number of rotatable bonds is 2. The molecule has 0 saturated carbocycles. The first-order chi connectivity index (χ1) is 9.21. The van der Waals surface area contributed by atoms with Crippen LogP contribution in [0, 0.1) is 6.92 Å². The molecule has 0 aliphatic carbocycles. The minimum Gasteiger partial charge on any atom is -0.476 e. The average Bonchev–Trinajstić information content (AvgIpc) is 2.77. The Labute approximate surface area is 119 Å². The van der Waals surface area contributed by atoms with Crippen LogP contribution in [-0.4, -0.2) is 26.1 Å². The molecule has 1 N–H and O–H groups in total.